The summed E-state index contributed by atoms with van der Waals surface area (Å²) in [6.45, 7) is 3.64. The lowest BCUT2D eigenvalue weighted by atomic mass is 10.0. The SMILES string of the molecule is CC(C)NC(=O)O[C@H]1CC[C@@H](c2cc(Nc3nc(-c4cncnc4)cc4nccn34)n[nH]2)[C@H]1F. The van der Waals surface area contributed by atoms with Crippen LogP contribution in [0.15, 0.2) is 43.2 Å². The Balaban J connectivity index is 1.33. The Kier molecular flexibility index (Phi) is 5.78. The van der Waals surface area contributed by atoms with E-state index >= 15 is 4.39 Å². The molecule has 0 unspecified atom stereocenters. The van der Waals surface area contributed by atoms with Gasteiger partial charge in [0.25, 0.3) is 0 Å². The number of imidazole rings is 1. The number of halogens is 1. The second kappa shape index (κ2) is 9.04. The minimum atomic E-state index is -1.33. The molecule has 0 spiro atoms. The summed E-state index contributed by atoms with van der Waals surface area (Å²) in [5.74, 6) is 0.517. The van der Waals surface area contributed by atoms with Crippen molar-refractivity contribution in [1.82, 2.24) is 39.9 Å². The van der Waals surface area contributed by atoms with Crippen LogP contribution in [0.1, 0.15) is 38.3 Å². The quantitative estimate of drug-likeness (QED) is 0.394. The molecule has 0 aromatic carbocycles. The van der Waals surface area contributed by atoms with Gasteiger partial charge < -0.3 is 15.4 Å². The molecule has 12 heteroatoms. The van der Waals surface area contributed by atoms with E-state index in [-0.39, 0.29) is 6.04 Å². The van der Waals surface area contributed by atoms with E-state index in [4.69, 9.17) is 4.74 Å². The van der Waals surface area contributed by atoms with Crippen LogP contribution in [0, 0.1) is 0 Å². The number of fused-ring (bicyclic) bond motifs is 1. The van der Waals surface area contributed by atoms with Crippen LogP contribution in [0.5, 0.6) is 0 Å². The largest absolute Gasteiger partial charge is 0.443 e. The average molecular weight is 465 g/mol. The Morgan fingerprint density at radius 3 is 2.88 bits per heavy atom. The number of alkyl halides is 1. The number of rotatable bonds is 6. The lowest BCUT2D eigenvalue weighted by molar-refractivity contribution is 0.0555. The zero-order valence-corrected chi connectivity index (χ0v) is 18.6. The number of carbonyl (C=O) groups excluding carboxylic acids is 1. The van der Waals surface area contributed by atoms with Gasteiger partial charge in [0, 0.05) is 60.1 Å². The number of hydrogen-bond acceptors (Lipinski definition) is 8. The van der Waals surface area contributed by atoms with Crippen LogP contribution in [0.25, 0.3) is 16.9 Å². The van der Waals surface area contributed by atoms with Gasteiger partial charge in [-0.05, 0) is 26.7 Å². The fourth-order valence-corrected chi connectivity index (χ4v) is 4.08. The van der Waals surface area contributed by atoms with E-state index in [9.17, 15) is 4.79 Å². The van der Waals surface area contributed by atoms with Crippen LogP contribution in [0.3, 0.4) is 0 Å². The van der Waals surface area contributed by atoms with E-state index < -0.39 is 24.3 Å². The van der Waals surface area contributed by atoms with Crippen molar-refractivity contribution >= 4 is 23.5 Å². The standard InChI is InChI=1S/C22H24FN9O2/c1-12(2)27-22(33)34-17-4-3-14(20(17)23)16-7-18(31-30-16)29-21-28-15(13-9-24-11-25-10-13)8-19-26-5-6-32(19)21/h5-12,14,17,20H,3-4H2,1-2H3,(H,27,33)(H2,28,29,30,31)/t14-,17-,20+/m0/s1. The van der Waals surface area contributed by atoms with Gasteiger partial charge in [-0.3, -0.25) is 9.50 Å². The lowest BCUT2D eigenvalue weighted by Crippen LogP contribution is -2.36. The molecule has 1 fully saturated rings. The fourth-order valence-electron chi connectivity index (χ4n) is 4.08. The van der Waals surface area contributed by atoms with Crippen LogP contribution >= 0.6 is 0 Å². The van der Waals surface area contributed by atoms with Crippen molar-refractivity contribution in [2.75, 3.05) is 5.32 Å². The minimum Gasteiger partial charge on any atom is -0.443 e. The van der Waals surface area contributed by atoms with Gasteiger partial charge in [-0.2, -0.15) is 5.10 Å². The Morgan fingerprint density at radius 1 is 1.26 bits per heavy atom. The Morgan fingerprint density at radius 2 is 2.09 bits per heavy atom. The monoisotopic (exact) mass is 465 g/mol. The van der Waals surface area contributed by atoms with Crippen LogP contribution < -0.4 is 10.6 Å². The van der Waals surface area contributed by atoms with Gasteiger partial charge in [0.2, 0.25) is 5.95 Å². The molecular formula is C22H24FN9O2. The number of ether oxygens (including phenoxy) is 1. The molecule has 4 aromatic rings. The van der Waals surface area contributed by atoms with E-state index in [1.54, 1.807) is 35.3 Å². The Bertz CT molecular complexity index is 1290. The summed E-state index contributed by atoms with van der Waals surface area (Å²) in [7, 11) is 0. The van der Waals surface area contributed by atoms with E-state index in [1.165, 1.54) is 6.33 Å². The summed E-state index contributed by atoms with van der Waals surface area (Å²) < 4.78 is 22.1. The van der Waals surface area contributed by atoms with Gasteiger partial charge in [-0.25, -0.2) is 29.1 Å². The molecule has 0 aliphatic heterocycles. The van der Waals surface area contributed by atoms with Crippen molar-refractivity contribution in [2.24, 2.45) is 0 Å². The number of H-pyrrole nitrogens is 1. The molecular weight excluding hydrogens is 441 g/mol. The highest BCUT2D eigenvalue weighted by Gasteiger charge is 2.40. The number of aromatic amines is 1. The zero-order valence-electron chi connectivity index (χ0n) is 18.6. The normalized spacial score (nSPS) is 20.1. The third-order valence-electron chi connectivity index (χ3n) is 5.65. The zero-order chi connectivity index (χ0) is 23.7. The second-order valence-electron chi connectivity index (χ2n) is 8.45. The first-order valence-electron chi connectivity index (χ1n) is 11.0. The summed E-state index contributed by atoms with van der Waals surface area (Å²) in [5, 5.41) is 13.0. The number of hydrogen-bond donors (Lipinski definition) is 3. The minimum absolute atomic E-state index is 0.0764. The molecule has 0 bridgehead atoms. The topological polar surface area (TPSA) is 135 Å². The molecule has 4 heterocycles. The molecule has 1 amide bonds. The first kappa shape index (κ1) is 21.7. The van der Waals surface area contributed by atoms with Crippen LogP contribution in [-0.4, -0.2) is 58.9 Å². The summed E-state index contributed by atoms with van der Waals surface area (Å²) in [5.41, 5.74) is 2.71. The number of alkyl carbamates (subject to hydrolysis) is 1. The number of nitrogens with zero attached hydrogens (tertiary/aromatic N) is 6. The maximum atomic E-state index is 15.1. The molecule has 3 atom stereocenters. The van der Waals surface area contributed by atoms with Crippen molar-refractivity contribution in [3.63, 3.8) is 0 Å². The summed E-state index contributed by atoms with van der Waals surface area (Å²) in [6.07, 6.45) is 6.51. The third kappa shape index (κ3) is 4.38. The predicted octanol–water partition coefficient (Wildman–Crippen LogP) is 3.37. The summed E-state index contributed by atoms with van der Waals surface area (Å²) in [6, 6.07) is 3.51. The number of aromatic nitrogens is 7. The van der Waals surface area contributed by atoms with Gasteiger partial charge in [-0.1, -0.05) is 0 Å². The molecule has 1 aliphatic rings. The van der Waals surface area contributed by atoms with Crippen molar-refractivity contribution in [3.05, 3.63) is 48.9 Å². The Hall–Kier alpha value is -4.09. The molecule has 176 valence electrons. The molecule has 3 N–H and O–H groups in total. The molecule has 1 aliphatic carbocycles. The van der Waals surface area contributed by atoms with Gasteiger partial charge in [0.1, 0.15) is 24.3 Å². The maximum Gasteiger partial charge on any atom is 0.407 e. The highest BCUT2D eigenvalue weighted by Crippen LogP contribution is 2.38. The molecule has 1 saturated carbocycles. The average Bonchev–Trinajstić information content (AvgIpc) is 3.55. The maximum absolute atomic E-state index is 15.1. The van der Waals surface area contributed by atoms with Crippen molar-refractivity contribution in [1.29, 1.82) is 0 Å². The van der Waals surface area contributed by atoms with Gasteiger partial charge in [0.05, 0.1) is 5.69 Å². The second-order valence-corrected chi connectivity index (χ2v) is 8.45. The number of anilines is 2. The fraction of sp³-hybridized carbons (Fsp3) is 0.364. The van der Waals surface area contributed by atoms with E-state index in [0.29, 0.717) is 41.6 Å². The van der Waals surface area contributed by atoms with Crippen LogP contribution in [0.2, 0.25) is 0 Å². The number of amides is 1. The lowest BCUT2D eigenvalue weighted by Gasteiger charge is -2.18. The van der Waals surface area contributed by atoms with Crippen molar-refractivity contribution in [2.45, 2.75) is 50.9 Å². The van der Waals surface area contributed by atoms with Crippen LogP contribution in [-0.2, 0) is 4.74 Å². The van der Waals surface area contributed by atoms with Crippen LogP contribution in [0.4, 0.5) is 21.0 Å². The van der Waals surface area contributed by atoms with Gasteiger partial charge >= 0.3 is 6.09 Å². The van der Waals surface area contributed by atoms with E-state index in [2.05, 4.69) is 40.8 Å². The molecule has 4 aromatic heterocycles. The number of carbonyl (C=O) groups is 1. The smallest absolute Gasteiger partial charge is 0.407 e. The first-order chi connectivity index (χ1) is 16.5. The Labute approximate surface area is 194 Å². The van der Waals surface area contributed by atoms with Crippen molar-refractivity contribution in [3.8, 4) is 11.3 Å². The van der Waals surface area contributed by atoms with Gasteiger partial charge in [-0.15, -0.1) is 0 Å². The van der Waals surface area contributed by atoms with Gasteiger partial charge in [0.15, 0.2) is 5.82 Å². The summed E-state index contributed by atoms with van der Waals surface area (Å²) >= 11 is 0. The molecule has 11 nitrogen and oxygen atoms in total. The molecule has 5 rings (SSSR count). The summed E-state index contributed by atoms with van der Waals surface area (Å²) in [4.78, 5) is 29.0. The highest BCUT2D eigenvalue weighted by atomic mass is 19.1. The number of nitrogens with one attached hydrogen (secondary N) is 3. The molecule has 34 heavy (non-hydrogen) atoms. The third-order valence-corrected chi connectivity index (χ3v) is 5.65. The molecule has 0 saturated heterocycles. The van der Waals surface area contributed by atoms with Crippen molar-refractivity contribution < 1.29 is 13.9 Å². The predicted molar refractivity (Wildman–Crippen MR) is 121 cm³/mol. The molecule has 0 radical (unpaired) electrons. The first-order valence-corrected chi connectivity index (χ1v) is 11.0. The van der Waals surface area contributed by atoms with E-state index in [1.807, 2.05) is 19.9 Å². The van der Waals surface area contributed by atoms with E-state index in [0.717, 1.165) is 5.56 Å². The highest BCUT2D eigenvalue weighted by molar-refractivity contribution is 5.68.